The molecule has 0 aliphatic rings. The lowest BCUT2D eigenvalue weighted by atomic mass is 10.0. The summed E-state index contributed by atoms with van der Waals surface area (Å²) in [4.78, 5) is 25.9. The molecule has 1 aromatic carbocycles. The first kappa shape index (κ1) is 13.7. The Labute approximate surface area is 114 Å². The Hall–Kier alpha value is -2.70. The molecule has 104 valence electrons. The molecule has 0 N–H and O–H groups in total. The third-order valence-corrected chi connectivity index (χ3v) is 2.71. The maximum atomic E-state index is 11.8. The lowest BCUT2D eigenvalue weighted by Crippen LogP contribution is -2.06. The molecule has 0 spiro atoms. The van der Waals surface area contributed by atoms with E-state index in [2.05, 4.69) is 4.98 Å². The first-order valence-electron chi connectivity index (χ1n) is 5.90. The van der Waals surface area contributed by atoms with Crippen LogP contribution in [0.25, 0.3) is 11.3 Å². The number of esters is 1. The second kappa shape index (κ2) is 5.52. The number of nitrogens with zero attached hydrogens (tertiary/aromatic N) is 2. The van der Waals surface area contributed by atoms with Gasteiger partial charge in [-0.1, -0.05) is 6.07 Å². The van der Waals surface area contributed by atoms with Crippen LogP contribution in [0.3, 0.4) is 0 Å². The lowest BCUT2D eigenvalue weighted by molar-refractivity contribution is -0.384. The molecular weight excluding hydrogens is 264 g/mol. The van der Waals surface area contributed by atoms with Crippen molar-refractivity contribution in [1.29, 1.82) is 0 Å². The molecule has 0 aliphatic heterocycles. The Morgan fingerprint density at radius 3 is 2.90 bits per heavy atom. The number of carbonyl (C=O) groups excluding carboxylic acids is 1. The third kappa shape index (κ3) is 2.51. The van der Waals surface area contributed by atoms with Gasteiger partial charge in [0, 0.05) is 17.7 Å². The summed E-state index contributed by atoms with van der Waals surface area (Å²) < 4.78 is 10.1. The lowest BCUT2D eigenvalue weighted by Gasteiger charge is -2.04. The quantitative estimate of drug-likeness (QED) is 0.484. The number of ether oxygens (including phenoxy) is 1. The number of carbonyl (C=O) groups is 1. The predicted molar refractivity (Wildman–Crippen MR) is 69.3 cm³/mol. The molecule has 20 heavy (non-hydrogen) atoms. The third-order valence-electron chi connectivity index (χ3n) is 2.71. The summed E-state index contributed by atoms with van der Waals surface area (Å²) in [5, 5.41) is 10.8. The molecule has 2 rings (SSSR count). The van der Waals surface area contributed by atoms with Crippen molar-refractivity contribution in [3.05, 3.63) is 46.0 Å². The monoisotopic (exact) mass is 276 g/mol. The molecule has 0 bridgehead atoms. The van der Waals surface area contributed by atoms with Gasteiger partial charge in [-0.2, -0.15) is 0 Å². The molecule has 2 aromatic rings. The molecule has 0 amide bonds. The average Bonchev–Trinajstić information content (AvgIpc) is 2.88. The molecule has 0 atom stereocenters. The first-order chi connectivity index (χ1) is 9.54. The average molecular weight is 276 g/mol. The van der Waals surface area contributed by atoms with Gasteiger partial charge in [0.1, 0.15) is 0 Å². The zero-order valence-corrected chi connectivity index (χ0v) is 11.0. The van der Waals surface area contributed by atoms with Crippen LogP contribution in [0, 0.1) is 17.0 Å². The Bertz CT molecular complexity index is 663. The molecule has 7 heteroatoms. The number of aryl methyl sites for hydroxylation is 1. The minimum absolute atomic E-state index is 0.00967. The smallest absolute Gasteiger partial charge is 0.360 e. The predicted octanol–water partition coefficient (Wildman–Crippen LogP) is 2.73. The van der Waals surface area contributed by atoms with Crippen LogP contribution in [0.1, 0.15) is 23.0 Å². The molecule has 0 saturated heterocycles. The van der Waals surface area contributed by atoms with E-state index in [-0.39, 0.29) is 23.7 Å². The zero-order valence-electron chi connectivity index (χ0n) is 11.0. The van der Waals surface area contributed by atoms with Gasteiger partial charge < -0.3 is 9.15 Å². The molecule has 0 radical (unpaired) electrons. The summed E-state index contributed by atoms with van der Waals surface area (Å²) in [5.41, 5.74) is 1.10. The fourth-order valence-corrected chi connectivity index (χ4v) is 1.75. The maximum absolute atomic E-state index is 11.8. The van der Waals surface area contributed by atoms with Crippen LogP contribution in [0.5, 0.6) is 0 Å². The van der Waals surface area contributed by atoms with Gasteiger partial charge in [0.05, 0.1) is 11.5 Å². The number of oxazole rings is 1. The summed E-state index contributed by atoms with van der Waals surface area (Å²) in [5.74, 6) is -0.452. The first-order valence-corrected chi connectivity index (χ1v) is 5.90. The van der Waals surface area contributed by atoms with Gasteiger partial charge in [-0.25, -0.2) is 9.78 Å². The standard InChI is InChI=1S/C13H12N2O5/c1-3-19-13(16)11-12(20-7-14-11)10-6-9(15(17)18)5-4-8(10)2/h4-7H,3H2,1-2H3. The minimum atomic E-state index is -0.623. The number of aromatic nitrogens is 1. The van der Waals surface area contributed by atoms with Gasteiger partial charge in [-0.15, -0.1) is 0 Å². The summed E-state index contributed by atoms with van der Waals surface area (Å²) in [6.45, 7) is 3.64. The van der Waals surface area contributed by atoms with Crippen LogP contribution < -0.4 is 0 Å². The van der Waals surface area contributed by atoms with Crippen molar-refractivity contribution >= 4 is 11.7 Å². The summed E-state index contributed by atoms with van der Waals surface area (Å²) in [6.07, 6.45) is 1.11. The minimum Gasteiger partial charge on any atom is -0.461 e. The summed E-state index contributed by atoms with van der Waals surface area (Å²) >= 11 is 0. The van der Waals surface area contributed by atoms with E-state index in [0.29, 0.717) is 5.56 Å². The van der Waals surface area contributed by atoms with E-state index in [1.807, 2.05) is 0 Å². The van der Waals surface area contributed by atoms with Crippen LogP contribution in [-0.2, 0) is 4.74 Å². The van der Waals surface area contributed by atoms with Gasteiger partial charge in [0.25, 0.3) is 5.69 Å². The highest BCUT2D eigenvalue weighted by atomic mass is 16.6. The van der Waals surface area contributed by atoms with Crippen LogP contribution in [-0.4, -0.2) is 22.5 Å². The largest absolute Gasteiger partial charge is 0.461 e. The molecular formula is C13H12N2O5. The van der Waals surface area contributed by atoms with E-state index in [1.54, 1.807) is 19.9 Å². The van der Waals surface area contributed by atoms with Crippen molar-refractivity contribution < 1.29 is 18.9 Å². The second-order valence-corrected chi connectivity index (χ2v) is 4.01. The number of hydrogen-bond acceptors (Lipinski definition) is 6. The highest BCUT2D eigenvalue weighted by molar-refractivity contribution is 5.94. The van der Waals surface area contributed by atoms with Crippen molar-refractivity contribution in [1.82, 2.24) is 4.98 Å². The molecule has 0 fully saturated rings. The fourth-order valence-electron chi connectivity index (χ4n) is 1.75. The van der Waals surface area contributed by atoms with E-state index < -0.39 is 10.9 Å². The Morgan fingerprint density at radius 1 is 1.50 bits per heavy atom. The van der Waals surface area contributed by atoms with Crippen molar-refractivity contribution in [3.8, 4) is 11.3 Å². The van der Waals surface area contributed by atoms with Gasteiger partial charge in [0.2, 0.25) is 0 Å². The Morgan fingerprint density at radius 2 is 2.25 bits per heavy atom. The molecule has 0 aliphatic carbocycles. The molecule has 0 unspecified atom stereocenters. The van der Waals surface area contributed by atoms with E-state index in [4.69, 9.17) is 9.15 Å². The number of non-ortho nitro benzene ring substituents is 1. The van der Waals surface area contributed by atoms with Crippen molar-refractivity contribution in [2.45, 2.75) is 13.8 Å². The molecule has 0 saturated carbocycles. The van der Waals surface area contributed by atoms with Crippen LogP contribution >= 0.6 is 0 Å². The van der Waals surface area contributed by atoms with Crippen LogP contribution in [0.2, 0.25) is 0 Å². The highest BCUT2D eigenvalue weighted by Gasteiger charge is 2.22. The van der Waals surface area contributed by atoms with Gasteiger partial charge >= 0.3 is 5.97 Å². The number of benzene rings is 1. The molecule has 1 aromatic heterocycles. The van der Waals surface area contributed by atoms with Crippen molar-refractivity contribution in [2.24, 2.45) is 0 Å². The number of hydrogen-bond donors (Lipinski definition) is 0. The topological polar surface area (TPSA) is 95.5 Å². The Balaban J connectivity index is 2.52. The molecule has 1 heterocycles. The maximum Gasteiger partial charge on any atom is 0.360 e. The van der Waals surface area contributed by atoms with Crippen molar-refractivity contribution in [2.75, 3.05) is 6.61 Å². The van der Waals surface area contributed by atoms with E-state index in [0.717, 1.165) is 12.0 Å². The number of nitro benzene ring substituents is 1. The van der Waals surface area contributed by atoms with Crippen LogP contribution in [0.4, 0.5) is 5.69 Å². The molecule has 7 nitrogen and oxygen atoms in total. The second-order valence-electron chi connectivity index (χ2n) is 4.01. The van der Waals surface area contributed by atoms with Crippen molar-refractivity contribution in [3.63, 3.8) is 0 Å². The summed E-state index contributed by atoms with van der Waals surface area (Å²) in [6, 6.07) is 4.32. The normalized spacial score (nSPS) is 10.3. The Kier molecular flexibility index (Phi) is 3.79. The van der Waals surface area contributed by atoms with Gasteiger partial charge in [0.15, 0.2) is 17.8 Å². The van der Waals surface area contributed by atoms with E-state index >= 15 is 0 Å². The van der Waals surface area contributed by atoms with E-state index in [9.17, 15) is 14.9 Å². The summed E-state index contributed by atoms with van der Waals surface area (Å²) in [7, 11) is 0. The highest BCUT2D eigenvalue weighted by Crippen LogP contribution is 2.30. The van der Waals surface area contributed by atoms with E-state index in [1.165, 1.54) is 12.1 Å². The number of rotatable bonds is 4. The van der Waals surface area contributed by atoms with Gasteiger partial charge in [-0.3, -0.25) is 10.1 Å². The fraction of sp³-hybridized carbons (Fsp3) is 0.231. The SMILES string of the molecule is CCOC(=O)c1ncoc1-c1cc([N+](=O)[O-])ccc1C. The van der Waals surface area contributed by atoms with Gasteiger partial charge in [-0.05, 0) is 19.4 Å². The zero-order chi connectivity index (χ0) is 14.7. The van der Waals surface area contributed by atoms with Crippen LogP contribution in [0.15, 0.2) is 29.0 Å². The number of nitro groups is 1.